The molecule has 0 bridgehead atoms. The first-order valence-corrected chi connectivity index (χ1v) is 9.86. The average Bonchev–Trinajstić information content (AvgIpc) is 3.19. The van der Waals surface area contributed by atoms with Gasteiger partial charge >= 0.3 is 0 Å². The van der Waals surface area contributed by atoms with E-state index in [2.05, 4.69) is 51.4 Å². The summed E-state index contributed by atoms with van der Waals surface area (Å²) in [5.74, 6) is 0.0435. The number of aryl methyl sites for hydroxylation is 1. The number of likely N-dealkylation sites (tertiary alicyclic amines) is 1. The molecule has 0 aliphatic carbocycles. The molecule has 0 spiro atoms. The molecule has 5 nitrogen and oxygen atoms in total. The van der Waals surface area contributed by atoms with Crippen LogP contribution in [-0.2, 0) is 0 Å². The first-order valence-electron chi connectivity index (χ1n) is 9.86. The number of carbonyl (C=O) groups excluding carboxylic acids is 1. The van der Waals surface area contributed by atoms with Crippen molar-refractivity contribution in [3.8, 4) is 0 Å². The molecule has 2 aromatic carbocycles. The molecule has 2 atom stereocenters. The molecule has 2 aromatic rings. The Morgan fingerprint density at radius 2 is 1.81 bits per heavy atom. The fourth-order valence-electron chi connectivity index (χ4n) is 4.09. The molecular formula is C22H28N4O. The number of carbonyl (C=O) groups is 1. The van der Waals surface area contributed by atoms with Crippen LogP contribution in [0.15, 0.2) is 54.6 Å². The molecule has 0 radical (unpaired) electrons. The summed E-state index contributed by atoms with van der Waals surface area (Å²) in [4.78, 5) is 14.9. The SMILES string of the molecule is Cc1cccc(C(=O)NC2CCN(C3CC(c4ccccc4)NN3)CC2)c1. The van der Waals surface area contributed by atoms with E-state index in [4.69, 9.17) is 0 Å². The topological polar surface area (TPSA) is 56.4 Å². The van der Waals surface area contributed by atoms with Gasteiger partial charge in [0.1, 0.15) is 0 Å². The van der Waals surface area contributed by atoms with Gasteiger partial charge in [0.05, 0.1) is 6.17 Å². The Labute approximate surface area is 161 Å². The smallest absolute Gasteiger partial charge is 0.251 e. The summed E-state index contributed by atoms with van der Waals surface area (Å²) in [5.41, 5.74) is 10.1. The second-order valence-corrected chi connectivity index (χ2v) is 7.66. The molecule has 142 valence electrons. The number of nitrogens with zero attached hydrogens (tertiary/aromatic N) is 1. The minimum Gasteiger partial charge on any atom is -0.349 e. The lowest BCUT2D eigenvalue weighted by Crippen LogP contribution is -2.51. The summed E-state index contributed by atoms with van der Waals surface area (Å²) in [6, 6.07) is 19.0. The zero-order valence-electron chi connectivity index (χ0n) is 15.8. The van der Waals surface area contributed by atoms with E-state index in [1.165, 1.54) is 5.56 Å². The van der Waals surface area contributed by atoms with Crippen LogP contribution in [0.5, 0.6) is 0 Å². The normalized spacial score (nSPS) is 24.0. The molecular weight excluding hydrogens is 336 g/mol. The largest absolute Gasteiger partial charge is 0.349 e. The summed E-state index contributed by atoms with van der Waals surface area (Å²) in [6.07, 6.45) is 3.39. The quantitative estimate of drug-likeness (QED) is 0.781. The molecule has 0 aromatic heterocycles. The Morgan fingerprint density at radius 3 is 2.56 bits per heavy atom. The molecule has 5 heteroatoms. The minimum absolute atomic E-state index is 0.0435. The van der Waals surface area contributed by atoms with Gasteiger partial charge in [0.15, 0.2) is 0 Å². The number of hydrogen-bond donors (Lipinski definition) is 3. The highest BCUT2D eigenvalue weighted by atomic mass is 16.1. The number of hydrazine groups is 1. The van der Waals surface area contributed by atoms with Gasteiger partial charge in [-0.2, -0.15) is 0 Å². The zero-order chi connectivity index (χ0) is 18.6. The second-order valence-electron chi connectivity index (χ2n) is 7.66. The Kier molecular flexibility index (Phi) is 5.53. The molecule has 1 amide bonds. The summed E-state index contributed by atoms with van der Waals surface area (Å²) in [7, 11) is 0. The number of benzene rings is 2. The minimum atomic E-state index is 0.0435. The highest BCUT2D eigenvalue weighted by molar-refractivity contribution is 5.94. The molecule has 27 heavy (non-hydrogen) atoms. The third-order valence-corrected chi connectivity index (χ3v) is 5.67. The molecule has 2 aliphatic heterocycles. The maximum absolute atomic E-state index is 12.5. The van der Waals surface area contributed by atoms with Gasteiger partial charge in [-0.1, -0.05) is 48.0 Å². The maximum Gasteiger partial charge on any atom is 0.251 e. The highest BCUT2D eigenvalue weighted by Crippen LogP contribution is 2.25. The van der Waals surface area contributed by atoms with Crippen LogP contribution in [0.2, 0.25) is 0 Å². The monoisotopic (exact) mass is 364 g/mol. The predicted molar refractivity (Wildman–Crippen MR) is 107 cm³/mol. The number of amides is 1. The zero-order valence-corrected chi connectivity index (χ0v) is 15.8. The number of nitrogens with one attached hydrogen (secondary N) is 3. The Balaban J connectivity index is 1.26. The molecule has 0 saturated carbocycles. The van der Waals surface area contributed by atoms with Crippen molar-refractivity contribution in [3.05, 3.63) is 71.3 Å². The van der Waals surface area contributed by atoms with Crippen LogP contribution in [0, 0.1) is 6.92 Å². The number of rotatable bonds is 4. The fraction of sp³-hybridized carbons (Fsp3) is 0.409. The van der Waals surface area contributed by atoms with Crippen LogP contribution >= 0.6 is 0 Å². The van der Waals surface area contributed by atoms with Gasteiger partial charge in [-0.25, -0.2) is 10.9 Å². The van der Waals surface area contributed by atoms with Crippen molar-refractivity contribution in [1.82, 2.24) is 21.1 Å². The molecule has 2 aliphatic rings. The summed E-state index contributed by atoms with van der Waals surface area (Å²) in [6.45, 7) is 4.01. The van der Waals surface area contributed by atoms with Crippen molar-refractivity contribution in [2.45, 2.75) is 44.4 Å². The van der Waals surface area contributed by atoms with Crippen LogP contribution in [0.4, 0.5) is 0 Å². The third-order valence-electron chi connectivity index (χ3n) is 5.67. The van der Waals surface area contributed by atoms with Crippen LogP contribution < -0.4 is 16.2 Å². The average molecular weight is 364 g/mol. The molecule has 2 unspecified atom stereocenters. The van der Waals surface area contributed by atoms with Crippen molar-refractivity contribution in [2.24, 2.45) is 0 Å². The van der Waals surface area contributed by atoms with E-state index in [0.29, 0.717) is 12.2 Å². The fourth-order valence-corrected chi connectivity index (χ4v) is 4.09. The lowest BCUT2D eigenvalue weighted by Gasteiger charge is -2.35. The van der Waals surface area contributed by atoms with Gasteiger partial charge < -0.3 is 5.32 Å². The second kappa shape index (κ2) is 8.21. The Bertz CT molecular complexity index is 771. The molecule has 2 heterocycles. The van der Waals surface area contributed by atoms with E-state index in [-0.39, 0.29) is 11.9 Å². The summed E-state index contributed by atoms with van der Waals surface area (Å²) < 4.78 is 0. The number of piperidine rings is 1. The van der Waals surface area contributed by atoms with Crippen molar-refractivity contribution in [3.63, 3.8) is 0 Å². The molecule has 2 fully saturated rings. The van der Waals surface area contributed by atoms with Crippen molar-refractivity contribution < 1.29 is 4.79 Å². The van der Waals surface area contributed by atoms with E-state index >= 15 is 0 Å². The van der Waals surface area contributed by atoms with Crippen LogP contribution in [0.3, 0.4) is 0 Å². The van der Waals surface area contributed by atoms with Gasteiger partial charge in [-0.3, -0.25) is 9.69 Å². The van der Waals surface area contributed by atoms with Crippen LogP contribution in [-0.4, -0.2) is 36.1 Å². The van der Waals surface area contributed by atoms with Gasteiger partial charge in [-0.05, 0) is 43.9 Å². The lowest BCUT2D eigenvalue weighted by molar-refractivity contribution is 0.0880. The number of hydrogen-bond acceptors (Lipinski definition) is 4. The lowest BCUT2D eigenvalue weighted by atomic mass is 10.0. The van der Waals surface area contributed by atoms with E-state index in [9.17, 15) is 4.79 Å². The summed E-state index contributed by atoms with van der Waals surface area (Å²) in [5, 5.41) is 3.21. The van der Waals surface area contributed by atoms with Gasteiger partial charge in [0.2, 0.25) is 0 Å². The third kappa shape index (κ3) is 4.38. The van der Waals surface area contributed by atoms with Crippen molar-refractivity contribution in [2.75, 3.05) is 13.1 Å². The standard InChI is InChI=1S/C22H28N4O/c1-16-6-5-9-18(14-16)22(27)23-19-10-12-26(13-11-19)21-15-20(24-25-21)17-7-3-2-4-8-17/h2-9,14,19-21,24-25H,10-13,15H2,1H3,(H,23,27). The first-order chi connectivity index (χ1) is 13.2. The Hall–Kier alpha value is -2.21. The van der Waals surface area contributed by atoms with E-state index in [1.54, 1.807) is 0 Å². The maximum atomic E-state index is 12.5. The molecule has 4 rings (SSSR count). The van der Waals surface area contributed by atoms with Gasteiger partial charge in [-0.15, -0.1) is 0 Å². The van der Waals surface area contributed by atoms with E-state index in [0.717, 1.165) is 43.5 Å². The van der Waals surface area contributed by atoms with Crippen molar-refractivity contribution >= 4 is 5.91 Å². The van der Waals surface area contributed by atoms with Crippen LogP contribution in [0.25, 0.3) is 0 Å². The van der Waals surface area contributed by atoms with Crippen molar-refractivity contribution in [1.29, 1.82) is 0 Å². The molecule has 2 saturated heterocycles. The van der Waals surface area contributed by atoms with E-state index < -0.39 is 0 Å². The van der Waals surface area contributed by atoms with Crippen LogP contribution in [0.1, 0.15) is 46.8 Å². The summed E-state index contributed by atoms with van der Waals surface area (Å²) >= 11 is 0. The first kappa shape index (κ1) is 18.2. The predicted octanol–water partition coefficient (Wildman–Crippen LogP) is 2.75. The highest BCUT2D eigenvalue weighted by Gasteiger charge is 2.32. The Morgan fingerprint density at radius 1 is 1.04 bits per heavy atom. The van der Waals surface area contributed by atoms with Gasteiger partial charge in [0.25, 0.3) is 5.91 Å². The molecule has 3 N–H and O–H groups in total. The van der Waals surface area contributed by atoms with E-state index in [1.807, 2.05) is 31.2 Å². The van der Waals surface area contributed by atoms with Gasteiger partial charge in [0, 0.05) is 30.7 Å².